The van der Waals surface area contributed by atoms with Crippen LogP contribution in [0.4, 0.5) is 13.2 Å². The molecule has 1 aromatic rings. The van der Waals surface area contributed by atoms with Crippen LogP contribution in [0.25, 0.3) is 0 Å². The molecule has 0 aliphatic carbocycles. The number of aryl methyl sites for hydroxylation is 1. The largest absolute Gasteiger partial charge is 0.416 e. The molecule has 1 aliphatic rings. The van der Waals surface area contributed by atoms with Gasteiger partial charge in [-0.25, -0.2) is 0 Å². The van der Waals surface area contributed by atoms with E-state index in [0.29, 0.717) is 12.0 Å². The second-order valence-corrected chi connectivity index (χ2v) is 5.13. The lowest BCUT2D eigenvalue weighted by atomic mass is 10.1. The summed E-state index contributed by atoms with van der Waals surface area (Å²) in [4.78, 5) is 13.2. The standard InChI is InChI=1S/C14H16F3NO3/c15-14(16,17)10-4-1-9(2-5-10)3-6-13(21)18-7-11(19)12(20)8-18/h1-2,4-5,11-12,19-20H,3,6-8H2/t11-,12+. The maximum atomic E-state index is 12.4. The van der Waals surface area contributed by atoms with E-state index in [4.69, 9.17) is 0 Å². The van der Waals surface area contributed by atoms with Gasteiger partial charge in [-0.3, -0.25) is 4.79 Å². The zero-order chi connectivity index (χ0) is 15.6. The van der Waals surface area contributed by atoms with Crippen LogP contribution in [0, 0.1) is 0 Å². The van der Waals surface area contributed by atoms with Gasteiger partial charge >= 0.3 is 6.18 Å². The molecule has 2 N–H and O–H groups in total. The molecular weight excluding hydrogens is 287 g/mol. The smallest absolute Gasteiger partial charge is 0.388 e. The minimum absolute atomic E-state index is 0.0903. The summed E-state index contributed by atoms with van der Waals surface area (Å²) >= 11 is 0. The fraction of sp³-hybridized carbons (Fsp3) is 0.500. The minimum atomic E-state index is -4.36. The minimum Gasteiger partial charge on any atom is -0.388 e. The molecule has 21 heavy (non-hydrogen) atoms. The fourth-order valence-corrected chi connectivity index (χ4v) is 2.24. The third-order valence-corrected chi connectivity index (χ3v) is 3.52. The number of carbonyl (C=O) groups is 1. The molecular formula is C14H16F3NO3. The fourth-order valence-electron chi connectivity index (χ4n) is 2.24. The zero-order valence-electron chi connectivity index (χ0n) is 11.2. The van der Waals surface area contributed by atoms with Crippen LogP contribution in [0.15, 0.2) is 24.3 Å². The van der Waals surface area contributed by atoms with Crippen LogP contribution in [0.1, 0.15) is 17.5 Å². The monoisotopic (exact) mass is 303 g/mol. The molecule has 1 aromatic carbocycles. The molecule has 0 saturated carbocycles. The molecule has 0 bridgehead atoms. The average Bonchev–Trinajstić information content (AvgIpc) is 2.75. The van der Waals surface area contributed by atoms with Gasteiger partial charge in [-0.15, -0.1) is 0 Å². The molecule has 0 unspecified atom stereocenters. The highest BCUT2D eigenvalue weighted by atomic mass is 19.4. The number of aliphatic hydroxyl groups excluding tert-OH is 2. The first-order valence-corrected chi connectivity index (χ1v) is 6.57. The summed E-state index contributed by atoms with van der Waals surface area (Å²) in [6.07, 6.45) is -5.78. The van der Waals surface area contributed by atoms with Crippen molar-refractivity contribution in [2.24, 2.45) is 0 Å². The normalized spacial score (nSPS) is 22.6. The van der Waals surface area contributed by atoms with Crippen molar-refractivity contribution in [2.45, 2.75) is 31.2 Å². The van der Waals surface area contributed by atoms with Crippen molar-refractivity contribution in [3.8, 4) is 0 Å². The van der Waals surface area contributed by atoms with Gasteiger partial charge in [0.2, 0.25) is 5.91 Å². The van der Waals surface area contributed by atoms with Crippen LogP contribution in [0.2, 0.25) is 0 Å². The third kappa shape index (κ3) is 3.95. The lowest BCUT2D eigenvalue weighted by molar-refractivity contribution is -0.137. The predicted molar refractivity (Wildman–Crippen MR) is 68.4 cm³/mol. The SMILES string of the molecule is O=C(CCc1ccc(C(F)(F)F)cc1)N1C[C@@H](O)[C@@H](O)C1. The highest BCUT2D eigenvalue weighted by Crippen LogP contribution is 2.29. The summed E-state index contributed by atoms with van der Waals surface area (Å²) in [5.74, 6) is -0.231. The number of amides is 1. The Kier molecular flexibility index (Phi) is 4.53. The first-order chi connectivity index (χ1) is 9.77. The predicted octanol–water partition coefficient (Wildman–Crippen LogP) is 1.20. The average molecular weight is 303 g/mol. The van der Waals surface area contributed by atoms with Crippen LogP contribution in [-0.2, 0) is 17.4 Å². The summed E-state index contributed by atoms with van der Waals surface area (Å²) < 4.78 is 37.2. The van der Waals surface area contributed by atoms with Gasteiger partial charge in [-0.1, -0.05) is 12.1 Å². The van der Waals surface area contributed by atoms with Crippen molar-refractivity contribution >= 4 is 5.91 Å². The molecule has 1 fully saturated rings. The molecule has 1 amide bonds. The van der Waals surface area contributed by atoms with Gasteiger partial charge in [-0.2, -0.15) is 13.2 Å². The van der Waals surface area contributed by atoms with Gasteiger partial charge in [0.15, 0.2) is 0 Å². The Balaban J connectivity index is 1.87. The number of rotatable bonds is 3. The van der Waals surface area contributed by atoms with E-state index in [0.717, 1.165) is 12.1 Å². The number of nitrogens with zero attached hydrogens (tertiary/aromatic N) is 1. The van der Waals surface area contributed by atoms with Crippen LogP contribution >= 0.6 is 0 Å². The Labute approximate surface area is 119 Å². The summed E-state index contributed by atoms with van der Waals surface area (Å²) in [5, 5.41) is 18.7. The Hall–Kier alpha value is -1.60. The summed E-state index contributed by atoms with van der Waals surface area (Å²) in [6, 6.07) is 4.68. The maximum absolute atomic E-state index is 12.4. The lowest BCUT2D eigenvalue weighted by Gasteiger charge is -2.15. The van der Waals surface area contributed by atoms with Crippen LogP contribution in [-0.4, -0.2) is 46.3 Å². The van der Waals surface area contributed by atoms with E-state index in [1.807, 2.05) is 0 Å². The van der Waals surface area contributed by atoms with Gasteiger partial charge in [0.1, 0.15) is 0 Å². The van der Waals surface area contributed by atoms with Gasteiger partial charge in [0.05, 0.1) is 17.8 Å². The Morgan fingerprint density at radius 2 is 1.67 bits per heavy atom. The van der Waals surface area contributed by atoms with Crippen molar-refractivity contribution in [3.05, 3.63) is 35.4 Å². The molecule has 0 aromatic heterocycles. The number of carbonyl (C=O) groups excluding carboxylic acids is 1. The first-order valence-electron chi connectivity index (χ1n) is 6.57. The molecule has 2 atom stereocenters. The lowest BCUT2D eigenvalue weighted by Crippen LogP contribution is -2.29. The molecule has 116 valence electrons. The summed E-state index contributed by atoms with van der Waals surface area (Å²) in [7, 11) is 0. The molecule has 7 heteroatoms. The van der Waals surface area contributed by atoms with E-state index in [1.54, 1.807) is 0 Å². The molecule has 1 saturated heterocycles. The van der Waals surface area contributed by atoms with Gasteiger partial charge in [0, 0.05) is 19.5 Å². The molecule has 1 heterocycles. The Bertz CT molecular complexity index is 491. The van der Waals surface area contributed by atoms with Crippen molar-refractivity contribution in [1.82, 2.24) is 4.90 Å². The maximum Gasteiger partial charge on any atom is 0.416 e. The number of alkyl halides is 3. The van der Waals surface area contributed by atoms with Gasteiger partial charge in [-0.05, 0) is 24.1 Å². The van der Waals surface area contributed by atoms with Crippen molar-refractivity contribution < 1.29 is 28.2 Å². The first kappa shape index (κ1) is 15.8. The number of benzene rings is 1. The topological polar surface area (TPSA) is 60.8 Å². The Morgan fingerprint density at radius 1 is 1.14 bits per heavy atom. The third-order valence-electron chi connectivity index (χ3n) is 3.52. The van der Waals surface area contributed by atoms with Crippen LogP contribution in [0.3, 0.4) is 0 Å². The number of aliphatic hydroxyl groups is 2. The summed E-state index contributed by atoms with van der Waals surface area (Å²) in [5.41, 5.74) is -0.0833. The quantitative estimate of drug-likeness (QED) is 0.882. The van der Waals surface area contributed by atoms with E-state index < -0.39 is 23.9 Å². The molecule has 2 rings (SSSR count). The van der Waals surface area contributed by atoms with E-state index in [-0.39, 0.29) is 25.4 Å². The molecule has 0 spiro atoms. The van der Waals surface area contributed by atoms with E-state index in [2.05, 4.69) is 0 Å². The van der Waals surface area contributed by atoms with Gasteiger partial charge < -0.3 is 15.1 Å². The van der Waals surface area contributed by atoms with Gasteiger partial charge in [0.25, 0.3) is 0 Å². The number of hydrogen-bond donors (Lipinski definition) is 2. The number of likely N-dealkylation sites (tertiary alicyclic amines) is 1. The number of hydrogen-bond acceptors (Lipinski definition) is 3. The number of halogens is 3. The van der Waals surface area contributed by atoms with Crippen molar-refractivity contribution in [1.29, 1.82) is 0 Å². The van der Waals surface area contributed by atoms with E-state index in [9.17, 15) is 28.2 Å². The summed E-state index contributed by atoms with van der Waals surface area (Å²) in [6.45, 7) is 0.181. The molecule has 1 aliphatic heterocycles. The highest BCUT2D eigenvalue weighted by molar-refractivity contribution is 5.76. The van der Waals surface area contributed by atoms with Crippen molar-refractivity contribution in [2.75, 3.05) is 13.1 Å². The molecule has 4 nitrogen and oxygen atoms in total. The van der Waals surface area contributed by atoms with Crippen LogP contribution < -0.4 is 0 Å². The second kappa shape index (κ2) is 6.03. The number of β-amino-alcohol motifs (C(OH)–C–C–N with tert-alkyl or cyclic N) is 2. The zero-order valence-corrected chi connectivity index (χ0v) is 11.2. The highest BCUT2D eigenvalue weighted by Gasteiger charge is 2.32. The molecule has 0 radical (unpaired) electrons. The van der Waals surface area contributed by atoms with E-state index in [1.165, 1.54) is 17.0 Å². The van der Waals surface area contributed by atoms with Crippen molar-refractivity contribution in [3.63, 3.8) is 0 Å². The van der Waals surface area contributed by atoms with Crippen LogP contribution in [0.5, 0.6) is 0 Å². The Morgan fingerprint density at radius 3 is 2.14 bits per heavy atom. The van der Waals surface area contributed by atoms with E-state index >= 15 is 0 Å². The second-order valence-electron chi connectivity index (χ2n) is 5.13.